The predicted octanol–water partition coefficient (Wildman–Crippen LogP) is 2.82. The van der Waals surface area contributed by atoms with Crippen molar-refractivity contribution in [2.24, 2.45) is 7.05 Å². The molecule has 2 aromatic heterocycles. The molecule has 6 heteroatoms. The molecule has 0 radical (unpaired) electrons. The van der Waals surface area contributed by atoms with Gasteiger partial charge in [0.2, 0.25) is 0 Å². The lowest BCUT2D eigenvalue weighted by molar-refractivity contribution is 0.312. The molecule has 0 unspecified atom stereocenters. The van der Waals surface area contributed by atoms with Crippen molar-refractivity contribution >= 4 is 16.6 Å². The molecule has 0 saturated heterocycles. The van der Waals surface area contributed by atoms with E-state index in [2.05, 4.69) is 20.3 Å². The number of hydrogen-bond donors (Lipinski definition) is 1. The Morgan fingerprint density at radius 2 is 2.13 bits per heavy atom. The van der Waals surface area contributed by atoms with E-state index >= 15 is 0 Å². The van der Waals surface area contributed by atoms with E-state index < -0.39 is 0 Å². The highest BCUT2D eigenvalue weighted by atomic mass is 19.1. The first kappa shape index (κ1) is 15.4. The third-order valence-corrected chi connectivity index (χ3v) is 3.94. The highest BCUT2D eigenvalue weighted by molar-refractivity contribution is 5.91. The van der Waals surface area contributed by atoms with Gasteiger partial charge in [0.05, 0.1) is 12.2 Å². The van der Waals surface area contributed by atoms with E-state index in [0.717, 1.165) is 16.6 Å². The second-order valence-electron chi connectivity index (χ2n) is 5.80. The fourth-order valence-corrected chi connectivity index (χ4v) is 2.71. The molecule has 0 aliphatic carbocycles. The molecule has 1 aromatic carbocycles. The van der Waals surface area contributed by atoms with Crippen molar-refractivity contribution in [1.82, 2.24) is 19.7 Å². The molecular formula is C17H20FN5. The van der Waals surface area contributed by atoms with Crippen LogP contribution in [0.15, 0.2) is 42.9 Å². The molecular weight excluding hydrogens is 293 g/mol. The number of nitrogens with zero attached hydrogens (tertiary/aromatic N) is 4. The average Bonchev–Trinajstić information content (AvgIpc) is 2.94. The number of para-hydroxylation sites is 1. The van der Waals surface area contributed by atoms with Gasteiger partial charge in [-0.05, 0) is 26.2 Å². The van der Waals surface area contributed by atoms with Crippen LogP contribution in [0.4, 0.5) is 10.1 Å². The van der Waals surface area contributed by atoms with E-state index in [1.807, 2.05) is 45.7 Å². The minimum Gasteiger partial charge on any atom is -0.383 e. The highest BCUT2D eigenvalue weighted by Crippen LogP contribution is 2.25. The molecule has 3 rings (SSSR count). The largest absolute Gasteiger partial charge is 0.383 e. The van der Waals surface area contributed by atoms with Gasteiger partial charge in [-0.3, -0.25) is 9.67 Å². The molecule has 0 spiro atoms. The zero-order valence-electron chi connectivity index (χ0n) is 13.5. The number of anilines is 1. The maximum absolute atomic E-state index is 13.9. The summed E-state index contributed by atoms with van der Waals surface area (Å²) in [5, 5.41) is 8.45. The SMILES string of the molecule is CN(C)[C@H](CNc1ccnc2c(F)cccc12)c1cnn(C)c1. The number of halogens is 1. The van der Waals surface area contributed by atoms with Crippen LogP contribution in [0.2, 0.25) is 0 Å². The van der Waals surface area contributed by atoms with Crippen molar-refractivity contribution < 1.29 is 4.39 Å². The summed E-state index contributed by atoms with van der Waals surface area (Å²) in [6.45, 7) is 0.689. The summed E-state index contributed by atoms with van der Waals surface area (Å²) < 4.78 is 15.6. The van der Waals surface area contributed by atoms with Crippen molar-refractivity contribution in [2.45, 2.75) is 6.04 Å². The topological polar surface area (TPSA) is 46.0 Å². The molecule has 0 fully saturated rings. The maximum atomic E-state index is 13.9. The number of aryl methyl sites for hydroxylation is 1. The summed E-state index contributed by atoms with van der Waals surface area (Å²) in [6, 6.07) is 7.05. The smallest absolute Gasteiger partial charge is 0.149 e. The van der Waals surface area contributed by atoms with Gasteiger partial charge < -0.3 is 10.2 Å². The number of nitrogens with one attached hydrogen (secondary N) is 1. The van der Waals surface area contributed by atoms with Gasteiger partial charge in [-0.1, -0.05) is 12.1 Å². The number of rotatable bonds is 5. The summed E-state index contributed by atoms with van der Waals surface area (Å²) >= 11 is 0. The molecule has 2 heterocycles. The van der Waals surface area contributed by atoms with Crippen molar-refractivity contribution in [1.29, 1.82) is 0 Å². The predicted molar refractivity (Wildman–Crippen MR) is 89.8 cm³/mol. The first-order valence-electron chi connectivity index (χ1n) is 7.48. The van der Waals surface area contributed by atoms with E-state index in [0.29, 0.717) is 12.1 Å². The molecule has 5 nitrogen and oxygen atoms in total. The maximum Gasteiger partial charge on any atom is 0.149 e. The van der Waals surface area contributed by atoms with E-state index in [9.17, 15) is 4.39 Å². The second kappa shape index (κ2) is 6.34. The number of fused-ring (bicyclic) bond motifs is 1. The number of likely N-dealkylation sites (N-methyl/N-ethyl adjacent to an activating group) is 1. The quantitative estimate of drug-likeness (QED) is 0.787. The average molecular weight is 313 g/mol. The molecule has 1 atom stereocenters. The number of pyridine rings is 1. The molecule has 0 aliphatic heterocycles. The minimum atomic E-state index is -0.303. The summed E-state index contributed by atoms with van der Waals surface area (Å²) in [4.78, 5) is 6.26. The van der Waals surface area contributed by atoms with Crippen LogP contribution < -0.4 is 5.32 Å². The number of benzene rings is 1. The molecule has 1 N–H and O–H groups in total. The minimum absolute atomic E-state index is 0.167. The molecule has 0 saturated carbocycles. The normalized spacial score (nSPS) is 12.7. The van der Waals surface area contributed by atoms with Crippen molar-refractivity contribution in [3.63, 3.8) is 0 Å². The Morgan fingerprint density at radius 3 is 2.83 bits per heavy atom. The number of aromatic nitrogens is 3. The van der Waals surface area contributed by atoms with Gasteiger partial charge in [-0.15, -0.1) is 0 Å². The molecule has 120 valence electrons. The van der Waals surface area contributed by atoms with Gasteiger partial charge in [0.1, 0.15) is 11.3 Å². The summed E-state index contributed by atoms with van der Waals surface area (Å²) in [5.74, 6) is -0.303. The molecule has 0 aliphatic rings. The van der Waals surface area contributed by atoms with Gasteiger partial charge in [0.25, 0.3) is 0 Å². The zero-order valence-corrected chi connectivity index (χ0v) is 13.5. The van der Waals surface area contributed by atoms with Crippen LogP contribution in [-0.4, -0.2) is 40.3 Å². The fraction of sp³-hybridized carbons (Fsp3) is 0.294. The van der Waals surface area contributed by atoms with E-state index in [1.54, 1.807) is 16.9 Å². The Morgan fingerprint density at radius 1 is 1.30 bits per heavy atom. The Labute approximate surface area is 134 Å². The first-order valence-corrected chi connectivity index (χ1v) is 7.48. The third kappa shape index (κ3) is 3.17. The molecule has 0 amide bonds. The lowest BCUT2D eigenvalue weighted by Gasteiger charge is -2.24. The first-order chi connectivity index (χ1) is 11.1. The standard InChI is InChI=1S/C17H20FN5/c1-22(2)16(12-9-21-23(3)11-12)10-20-15-7-8-19-17-13(15)5-4-6-14(17)18/h4-9,11,16H,10H2,1-3H3,(H,19,20)/t16-/m1/s1. The molecule has 23 heavy (non-hydrogen) atoms. The molecule has 3 aromatic rings. The molecule has 0 bridgehead atoms. The Hall–Kier alpha value is -2.47. The van der Waals surface area contributed by atoms with Crippen LogP contribution in [0.5, 0.6) is 0 Å². The van der Waals surface area contributed by atoms with Crippen LogP contribution in [0, 0.1) is 5.82 Å². The van der Waals surface area contributed by atoms with Crippen LogP contribution in [0.25, 0.3) is 10.9 Å². The highest BCUT2D eigenvalue weighted by Gasteiger charge is 2.16. The van der Waals surface area contributed by atoms with E-state index in [4.69, 9.17) is 0 Å². The Bertz CT molecular complexity index is 812. The van der Waals surface area contributed by atoms with Crippen LogP contribution in [0.1, 0.15) is 11.6 Å². The van der Waals surface area contributed by atoms with Crippen molar-refractivity contribution in [3.05, 3.63) is 54.2 Å². The van der Waals surface area contributed by atoms with Gasteiger partial charge in [-0.25, -0.2) is 4.39 Å². The van der Waals surface area contributed by atoms with Crippen molar-refractivity contribution in [3.8, 4) is 0 Å². The lowest BCUT2D eigenvalue weighted by atomic mass is 10.1. The van der Waals surface area contributed by atoms with Crippen molar-refractivity contribution in [2.75, 3.05) is 26.0 Å². The van der Waals surface area contributed by atoms with Crippen LogP contribution >= 0.6 is 0 Å². The Balaban J connectivity index is 1.86. The second-order valence-corrected chi connectivity index (χ2v) is 5.80. The van der Waals surface area contributed by atoms with Gasteiger partial charge >= 0.3 is 0 Å². The summed E-state index contributed by atoms with van der Waals surface area (Å²) in [6.07, 6.45) is 5.51. The zero-order chi connectivity index (χ0) is 16.4. The number of hydrogen-bond acceptors (Lipinski definition) is 4. The van der Waals surface area contributed by atoms with Crippen LogP contribution in [-0.2, 0) is 7.05 Å². The summed E-state index contributed by atoms with van der Waals surface area (Å²) in [5.41, 5.74) is 2.40. The van der Waals surface area contributed by atoms with Gasteiger partial charge in [-0.2, -0.15) is 5.10 Å². The van der Waals surface area contributed by atoms with Crippen LogP contribution in [0.3, 0.4) is 0 Å². The lowest BCUT2D eigenvalue weighted by Crippen LogP contribution is -2.26. The van der Waals surface area contributed by atoms with Gasteiger partial charge in [0.15, 0.2) is 0 Å². The fourth-order valence-electron chi connectivity index (χ4n) is 2.71. The monoisotopic (exact) mass is 313 g/mol. The van der Waals surface area contributed by atoms with Gasteiger partial charge in [0, 0.05) is 42.6 Å². The van der Waals surface area contributed by atoms with E-state index in [1.165, 1.54) is 6.07 Å². The van der Waals surface area contributed by atoms with E-state index in [-0.39, 0.29) is 11.9 Å². The Kier molecular flexibility index (Phi) is 4.25. The summed E-state index contributed by atoms with van der Waals surface area (Å²) in [7, 11) is 5.97. The third-order valence-electron chi connectivity index (χ3n) is 3.94.